The first-order valence-corrected chi connectivity index (χ1v) is 12.8. The molecule has 0 radical (unpaired) electrons. The van der Waals surface area contributed by atoms with Gasteiger partial charge in [-0.25, -0.2) is 0 Å². The van der Waals surface area contributed by atoms with E-state index in [-0.39, 0.29) is 17.9 Å². The van der Waals surface area contributed by atoms with E-state index in [9.17, 15) is 4.79 Å². The Morgan fingerprint density at radius 1 is 0.892 bits per heavy atom. The Hall–Kier alpha value is -3.87. The van der Waals surface area contributed by atoms with Crippen molar-refractivity contribution in [2.45, 2.75) is 18.9 Å². The third-order valence-electron chi connectivity index (χ3n) is 7.56. The van der Waals surface area contributed by atoms with Crippen LogP contribution in [-0.2, 0) is 17.6 Å². The van der Waals surface area contributed by atoms with Gasteiger partial charge in [-0.05, 0) is 54.3 Å². The van der Waals surface area contributed by atoms with Gasteiger partial charge >= 0.3 is 0 Å². The molecule has 0 bridgehead atoms. The number of nitrogens with zero attached hydrogens (tertiary/aromatic N) is 2. The molecule has 2 aliphatic rings. The van der Waals surface area contributed by atoms with E-state index in [0.717, 1.165) is 49.0 Å². The summed E-state index contributed by atoms with van der Waals surface area (Å²) in [6.45, 7) is 3.01. The highest BCUT2D eigenvalue weighted by atomic mass is 16.5. The number of ether oxygens (including phenoxy) is 3. The molecule has 2 aliphatic heterocycles. The lowest BCUT2D eigenvalue weighted by atomic mass is 9.83. The molecule has 1 amide bonds. The molecule has 5 rings (SSSR count). The lowest BCUT2D eigenvalue weighted by Gasteiger charge is -2.49. The summed E-state index contributed by atoms with van der Waals surface area (Å²) in [5.41, 5.74) is 4.60. The van der Waals surface area contributed by atoms with Gasteiger partial charge in [-0.15, -0.1) is 0 Å². The van der Waals surface area contributed by atoms with Crippen LogP contribution < -0.4 is 29.3 Å². The molecule has 0 aliphatic carbocycles. The fourth-order valence-corrected chi connectivity index (χ4v) is 5.57. The molecule has 2 unspecified atom stereocenters. The number of amides is 1. The minimum atomic E-state index is -0.158. The fourth-order valence-electron chi connectivity index (χ4n) is 5.57. The molecule has 1 fully saturated rings. The molecule has 2 heterocycles. The van der Waals surface area contributed by atoms with Gasteiger partial charge < -0.3 is 29.3 Å². The zero-order chi connectivity index (χ0) is 25.8. The SMILES string of the molecule is COc1ccc(CCNC(=O)C2Cc3ccc(OC)cc3N3CCN(c4ccccc4OC)CC23)cc1. The molecular weight excluding hydrogens is 466 g/mol. The number of carbonyl (C=O) groups excluding carboxylic acids is 1. The van der Waals surface area contributed by atoms with Crippen LogP contribution in [0.5, 0.6) is 17.2 Å². The van der Waals surface area contributed by atoms with Crippen molar-refractivity contribution in [3.05, 3.63) is 77.9 Å². The number of hydrogen-bond donors (Lipinski definition) is 1. The molecule has 0 saturated carbocycles. The van der Waals surface area contributed by atoms with Crippen molar-refractivity contribution < 1.29 is 19.0 Å². The average molecular weight is 502 g/mol. The van der Waals surface area contributed by atoms with Crippen LogP contribution in [0.4, 0.5) is 11.4 Å². The van der Waals surface area contributed by atoms with E-state index in [4.69, 9.17) is 14.2 Å². The van der Waals surface area contributed by atoms with Gasteiger partial charge in [0.1, 0.15) is 17.2 Å². The summed E-state index contributed by atoms with van der Waals surface area (Å²) in [4.78, 5) is 18.4. The number of hydrogen-bond acceptors (Lipinski definition) is 6. The number of para-hydroxylation sites is 2. The minimum absolute atomic E-state index is 0.0410. The maximum absolute atomic E-state index is 13.6. The number of anilines is 2. The summed E-state index contributed by atoms with van der Waals surface area (Å²) in [6.07, 6.45) is 1.48. The van der Waals surface area contributed by atoms with E-state index in [2.05, 4.69) is 33.3 Å². The number of piperazine rings is 1. The van der Waals surface area contributed by atoms with Crippen LogP contribution in [0.25, 0.3) is 0 Å². The number of fused-ring (bicyclic) bond motifs is 3. The lowest BCUT2D eigenvalue weighted by molar-refractivity contribution is -0.125. The molecule has 37 heavy (non-hydrogen) atoms. The number of benzene rings is 3. The van der Waals surface area contributed by atoms with E-state index >= 15 is 0 Å². The van der Waals surface area contributed by atoms with Crippen molar-refractivity contribution >= 4 is 17.3 Å². The molecule has 1 saturated heterocycles. The quantitative estimate of drug-likeness (QED) is 0.505. The average Bonchev–Trinajstić information content (AvgIpc) is 2.96. The number of nitrogens with one attached hydrogen (secondary N) is 1. The minimum Gasteiger partial charge on any atom is -0.497 e. The topological polar surface area (TPSA) is 63.3 Å². The van der Waals surface area contributed by atoms with Crippen LogP contribution in [0.1, 0.15) is 11.1 Å². The van der Waals surface area contributed by atoms with Crippen LogP contribution in [0.2, 0.25) is 0 Å². The maximum atomic E-state index is 13.6. The van der Waals surface area contributed by atoms with Gasteiger partial charge in [0, 0.05) is 37.9 Å². The van der Waals surface area contributed by atoms with Crippen LogP contribution in [0, 0.1) is 5.92 Å². The lowest BCUT2D eigenvalue weighted by Crippen LogP contribution is -2.61. The summed E-state index contributed by atoms with van der Waals surface area (Å²) in [7, 11) is 5.06. The Labute approximate surface area is 218 Å². The van der Waals surface area contributed by atoms with Crippen LogP contribution in [0.3, 0.4) is 0 Å². The van der Waals surface area contributed by atoms with Crippen LogP contribution in [-0.4, -0.2) is 59.5 Å². The summed E-state index contributed by atoms with van der Waals surface area (Å²) >= 11 is 0. The van der Waals surface area contributed by atoms with Gasteiger partial charge in [-0.1, -0.05) is 30.3 Å². The molecule has 1 N–H and O–H groups in total. The highest BCUT2D eigenvalue weighted by Gasteiger charge is 2.42. The molecular formula is C30H35N3O4. The number of rotatable bonds is 8. The first-order valence-electron chi connectivity index (χ1n) is 12.8. The van der Waals surface area contributed by atoms with E-state index in [1.54, 1.807) is 21.3 Å². The third kappa shape index (κ3) is 5.17. The van der Waals surface area contributed by atoms with Crippen molar-refractivity contribution in [3.63, 3.8) is 0 Å². The summed E-state index contributed by atoms with van der Waals surface area (Å²) in [5.74, 6) is 2.48. The Morgan fingerprint density at radius 2 is 1.65 bits per heavy atom. The fraction of sp³-hybridized carbons (Fsp3) is 0.367. The monoisotopic (exact) mass is 501 g/mol. The van der Waals surface area contributed by atoms with Crippen LogP contribution in [0.15, 0.2) is 66.7 Å². The predicted molar refractivity (Wildman–Crippen MR) is 146 cm³/mol. The van der Waals surface area contributed by atoms with Crippen molar-refractivity contribution in [3.8, 4) is 17.2 Å². The predicted octanol–water partition coefficient (Wildman–Crippen LogP) is 3.94. The standard InChI is InChI=1S/C30H35N3O4/c1-35-23-11-8-21(9-12-23)14-15-31-30(34)25-18-22-10-13-24(36-2)19-27(22)33-17-16-32(20-28(25)33)26-6-4-5-7-29(26)37-3/h4-13,19,25,28H,14-18,20H2,1-3H3,(H,31,34). The number of carbonyl (C=O) groups is 1. The smallest absolute Gasteiger partial charge is 0.225 e. The van der Waals surface area contributed by atoms with E-state index in [0.29, 0.717) is 13.0 Å². The van der Waals surface area contributed by atoms with E-state index < -0.39 is 0 Å². The molecule has 2 atom stereocenters. The largest absolute Gasteiger partial charge is 0.497 e. The zero-order valence-electron chi connectivity index (χ0n) is 21.8. The number of methoxy groups -OCH3 is 3. The Bertz CT molecular complexity index is 1230. The van der Waals surface area contributed by atoms with Crippen molar-refractivity contribution in [1.82, 2.24) is 5.32 Å². The first-order chi connectivity index (χ1) is 18.1. The van der Waals surface area contributed by atoms with Gasteiger partial charge in [-0.2, -0.15) is 0 Å². The van der Waals surface area contributed by atoms with E-state index in [1.807, 2.05) is 48.5 Å². The zero-order valence-corrected chi connectivity index (χ0v) is 21.8. The molecule has 7 nitrogen and oxygen atoms in total. The van der Waals surface area contributed by atoms with Crippen molar-refractivity contribution in [2.75, 3.05) is 57.3 Å². The highest BCUT2D eigenvalue weighted by Crippen LogP contribution is 2.40. The molecule has 194 valence electrons. The molecule has 3 aromatic rings. The second kappa shape index (κ2) is 11.0. The summed E-state index contributed by atoms with van der Waals surface area (Å²) in [5, 5.41) is 3.23. The van der Waals surface area contributed by atoms with Crippen molar-refractivity contribution in [1.29, 1.82) is 0 Å². The molecule has 0 spiro atoms. The first kappa shape index (κ1) is 24.8. The Morgan fingerprint density at radius 3 is 2.41 bits per heavy atom. The second-order valence-electron chi connectivity index (χ2n) is 9.57. The van der Waals surface area contributed by atoms with Crippen molar-refractivity contribution in [2.24, 2.45) is 5.92 Å². The van der Waals surface area contributed by atoms with Crippen LogP contribution >= 0.6 is 0 Å². The van der Waals surface area contributed by atoms with E-state index in [1.165, 1.54) is 16.8 Å². The molecule has 0 aromatic heterocycles. The Kier molecular flexibility index (Phi) is 7.40. The van der Waals surface area contributed by atoms with Gasteiger partial charge in [0.2, 0.25) is 5.91 Å². The third-order valence-corrected chi connectivity index (χ3v) is 7.56. The van der Waals surface area contributed by atoms with Gasteiger partial charge in [0.05, 0.1) is 39.0 Å². The summed E-state index contributed by atoms with van der Waals surface area (Å²) in [6, 6.07) is 22.4. The second-order valence-corrected chi connectivity index (χ2v) is 9.57. The maximum Gasteiger partial charge on any atom is 0.225 e. The van der Waals surface area contributed by atoms with Gasteiger partial charge in [0.15, 0.2) is 0 Å². The van der Waals surface area contributed by atoms with Gasteiger partial charge in [0.25, 0.3) is 0 Å². The summed E-state index contributed by atoms with van der Waals surface area (Å²) < 4.78 is 16.4. The normalized spacial score (nSPS) is 18.5. The molecule has 7 heteroatoms. The molecule has 3 aromatic carbocycles. The highest BCUT2D eigenvalue weighted by molar-refractivity contribution is 5.82. The Balaban J connectivity index is 1.36. The van der Waals surface area contributed by atoms with Gasteiger partial charge in [-0.3, -0.25) is 4.79 Å².